The lowest BCUT2D eigenvalue weighted by Crippen LogP contribution is -2.62. The van der Waals surface area contributed by atoms with Crippen LogP contribution in [-0.4, -0.2) is 49.8 Å². The zero-order valence-corrected chi connectivity index (χ0v) is 10.3. The van der Waals surface area contributed by atoms with Gasteiger partial charge in [0.1, 0.15) is 0 Å². The van der Waals surface area contributed by atoms with Gasteiger partial charge in [-0.25, -0.2) is 0 Å². The third-order valence-corrected chi connectivity index (χ3v) is 4.10. The number of hydrogen-bond donors (Lipinski definition) is 1. The maximum absolute atomic E-state index is 5.38. The molecule has 1 saturated heterocycles. The summed E-state index contributed by atoms with van der Waals surface area (Å²) >= 11 is 0. The lowest BCUT2D eigenvalue weighted by atomic mass is 9.91. The Hall–Kier alpha value is -0.120. The minimum absolute atomic E-state index is 0.348. The lowest BCUT2D eigenvalue weighted by Gasteiger charge is -2.46. The highest BCUT2D eigenvalue weighted by atomic mass is 16.5. The first-order chi connectivity index (χ1) is 7.16. The monoisotopic (exact) mass is 212 g/mol. The molecule has 88 valence electrons. The topological polar surface area (TPSA) is 24.5 Å². The first-order valence-electron chi connectivity index (χ1n) is 6.15. The highest BCUT2D eigenvalue weighted by molar-refractivity contribution is 5.03. The molecule has 1 saturated carbocycles. The normalized spacial score (nSPS) is 35.4. The summed E-state index contributed by atoms with van der Waals surface area (Å²) in [4.78, 5) is 2.63. The van der Waals surface area contributed by atoms with Crippen molar-refractivity contribution in [3.8, 4) is 0 Å². The van der Waals surface area contributed by atoms with Crippen LogP contribution in [0.2, 0.25) is 0 Å². The maximum atomic E-state index is 5.38. The van der Waals surface area contributed by atoms with Gasteiger partial charge in [-0.2, -0.15) is 0 Å². The molecule has 15 heavy (non-hydrogen) atoms. The van der Waals surface area contributed by atoms with Crippen molar-refractivity contribution in [2.24, 2.45) is 5.92 Å². The Morgan fingerprint density at radius 2 is 2.27 bits per heavy atom. The standard InChI is InChI=1S/C12H24N2O/c1-10(15-3)8-14-7-6-13-9-12(14,2)11-4-5-11/h10-11,13H,4-9H2,1-3H3. The second kappa shape index (κ2) is 4.40. The molecule has 2 aliphatic rings. The van der Waals surface area contributed by atoms with Crippen molar-refractivity contribution >= 4 is 0 Å². The van der Waals surface area contributed by atoms with Crippen LogP contribution >= 0.6 is 0 Å². The van der Waals surface area contributed by atoms with E-state index in [0.717, 1.165) is 25.6 Å². The van der Waals surface area contributed by atoms with Crippen molar-refractivity contribution < 1.29 is 4.74 Å². The van der Waals surface area contributed by atoms with Crippen LogP contribution in [0.25, 0.3) is 0 Å². The second-order valence-electron chi connectivity index (χ2n) is 5.30. The van der Waals surface area contributed by atoms with E-state index in [-0.39, 0.29) is 0 Å². The number of nitrogens with zero attached hydrogens (tertiary/aromatic N) is 1. The number of ether oxygens (including phenoxy) is 1. The smallest absolute Gasteiger partial charge is 0.0670 e. The Balaban J connectivity index is 1.99. The predicted molar refractivity (Wildman–Crippen MR) is 62.0 cm³/mol. The lowest BCUT2D eigenvalue weighted by molar-refractivity contribution is 0.00250. The molecule has 1 aliphatic carbocycles. The van der Waals surface area contributed by atoms with Crippen molar-refractivity contribution in [1.82, 2.24) is 10.2 Å². The van der Waals surface area contributed by atoms with E-state index in [4.69, 9.17) is 4.74 Å². The average molecular weight is 212 g/mol. The van der Waals surface area contributed by atoms with Crippen molar-refractivity contribution in [2.45, 2.75) is 38.3 Å². The van der Waals surface area contributed by atoms with Crippen LogP contribution in [0, 0.1) is 5.92 Å². The van der Waals surface area contributed by atoms with Gasteiger partial charge in [-0.15, -0.1) is 0 Å². The van der Waals surface area contributed by atoms with Crippen LogP contribution in [-0.2, 0) is 4.74 Å². The van der Waals surface area contributed by atoms with Crippen LogP contribution in [0.3, 0.4) is 0 Å². The zero-order valence-electron chi connectivity index (χ0n) is 10.3. The van der Waals surface area contributed by atoms with Crippen LogP contribution in [0.5, 0.6) is 0 Å². The van der Waals surface area contributed by atoms with Crippen molar-refractivity contribution in [3.63, 3.8) is 0 Å². The van der Waals surface area contributed by atoms with Gasteiger partial charge in [0.25, 0.3) is 0 Å². The van der Waals surface area contributed by atoms with Gasteiger partial charge < -0.3 is 10.1 Å². The van der Waals surface area contributed by atoms with Crippen molar-refractivity contribution in [1.29, 1.82) is 0 Å². The third-order valence-electron chi connectivity index (χ3n) is 4.10. The number of hydrogen-bond acceptors (Lipinski definition) is 3. The van der Waals surface area contributed by atoms with Crippen LogP contribution < -0.4 is 5.32 Å². The van der Waals surface area contributed by atoms with E-state index in [2.05, 4.69) is 24.1 Å². The molecule has 0 bridgehead atoms. The van der Waals surface area contributed by atoms with Gasteiger partial charge in [-0.1, -0.05) is 0 Å². The van der Waals surface area contributed by atoms with E-state index in [9.17, 15) is 0 Å². The summed E-state index contributed by atoms with van der Waals surface area (Å²) in [5.41, 5.74) is 0.380. The summed E-state index contributed by atoms with van der Waals surface area (Å²) in [5, 5.41) is 3.54. The molecule has 0 aromatic heterocycles. The molecule has 1 heterocycles. The van der Waals surface area contributed by atoms with Crippen molar-refractivity contribution in [3.05, 3.63) is 0 Å². The van der Waals surface area contributed by atoms with E-state index in [1.165, 1.54) is 19.4 Å². The summed E-state index contributed by atoms with van der Waals surface area (Å²) in [5.74, 6) is 0.911. The van der Waals surface area contributed by atoms with Gasteiger partial charge in [0.15, 0.2) is 0 Å². The van der Waals surface area contributed by atoms with Crippen molar-refractivity contribution in [2.75, 3.05) is 33.3 Å². The van der Waals surface area contributed by atoms with Gasteiger partial charge >= 0.3 is 0 Å². The Labute approximate surface area is 93.2 Å². The summed E-state index contributed by atoms with van der Waals surface area (Å²) < 4.78 is 5.38. The number of nitrogens with one attached hydrogen (secondary N) is 1. The predicted octanol–water partition coefficient (Wildman–Crippen LogP) is 1.10. The van der Waals surface area contributed by atoms with Crippen LogP contribution in [0.4, 0.5) is 0 Å². The molecule has 0 aromatic carbocycles. The fraction of sp³-hybridized carbons (Fsp3) is 1.00. The Bertz CT molecular complexity index is 218. The minimum atomic E-state index is 0.348. The molecule has 2 atom stereocenters. The molecule has 0 amide bonds. The molecular weight excluding hydrogens is 188 g/mol. The molecule has 0 radical (unpaired) electrons. The first kappa shape index (κ1) is 11.4. The SMILES string of the molecule is COC(C)CN1CCNCC1(C)C1CC1. The maximum Gasteiger partial charge on any atom is 0.0670 e. The fourth-order valence-electron chi connectivity index (χ4n) is 2.72. The quantitative estimate of drug-likeness (QED) is 0.755. The largest absolute Gasteiger partial charge is 0.380 e. The second-order valence-corrected chi connectivity index (χ2v) is 5.30. The highest BCUT2D eigenvalue weighted by Gasteiger charge is 2.46. The van der Waals surface area contributed by atoms with Gasteiger partial charge in [-0.05, 0) is 32.6 Å². The Morgan fingerprint density at radius 3 is 2.87 bits per heavy atom. The summed E-state index contributed by atoms with van der Waals surface area (Å²) in [7, 11) is 1.81. The summed E-state index contributed by atoms with van der Waals surface area (Å²) in [6.07, 6.45) is 3.17. The zero-order chi connectivity index (χ0) is 10.9. The number of methoxy groups -OCH3 is 1. The Kier molecular flexibility index (Phi) is 3.33. The molecule has 3 heteroatoms. The van der Waals surface area contributed by atoms with Gasteiger partial charge in [-0.3, -0.25) is 4.90 Å². The molecule has 2 unspecified atom stereocenters. The Morgan fingerprint density at radius 1 is 1.53 bits per heavy atom. The fourth-order valence-corrected chi connectivity index (χ4v) is 2.72. The van der Waals surface area contributed by atoms with E-state index < -0.39 is 0 Å². The van der Waals surface area contributed by atoms with Crippen LogP contribution in [0.1, 0.15) is 26.7 Å². The van der Waals surface area contributed by atoms with Gasteiger partial charge in [0, 0.05) is 38.8 Å². The van der Waals surface area contributed by atoms with E-state index >= 15 is 0 Å². The molecule has 2 fully saturated rings. The molecule has 3 nitrogen and oxygen atoms in total. The molecule has 0 spiro atoms. The number of piperazine rings is 1. The summed E-state index contributed by atoms with van der Waals surface area (Å²) in [6, 6.07) is 0. The van der Waals surface area contributed by atoms with E-state index in [1.807, 2.05) is 0 Å². The highest BCUT2D eigenvalue weighted by Crippen LogP contribution is 2.43. The third kappa shape index (κ3) is 2.35. The van der Waals surface area contributed by atoms with Gasteiger partial charge in [0.05, 0.1) is 6.10 Å². The molecular formula is C12H24N2O. The van der Waals surface area contributed by atoms with Crippen LogP contribution in [0.15, 0.2) is 0 Å². The molecule has 1 aliphatic heterocycles. The first-order valence-corrected chi connectivity index (χ1v) is 6.15. The number of rotatable bonds is 4. The summed E-state index contributed by atoms with van der Waals surface area (Å²) in [6.45, 7) is 9.09. The molecule has 2 rings (SSSR count). The average Bonchev–Trinajstić information content (AvgIpc) is 3.05. The van der Waals surface area contributed by atoms with E-state index in [1.54, 1.807) is 7.11 Å². The molecule has 1 N–H and O–H groups in total. The minimum Gasteiger partial charge on any atom is -0.380 e. The van der Waals surface area contributed by atoms with E-state index in [0.29, 0.717) is 11.6 Å². The van der Waals surface area contributed by atoms with Gasteiger partial charge in [0.2, 0.25) is 0 Å². The molecule has 0 aromatic rings.